The van der Waals surface area contributed by atoms with Gasteiger partial charge in [0.15, 0.2) is 22.4 Å². The maximum Gasteiger partial charge on any atom is 0.187 e. The molecule has 0 aliphatic heterocycles. The summed E-state index contributed by atoms with van der Waals surface area (Å²) < 4.78 is 21.6. The summed E-state index contributed by atoms with van der Waals surface area (Å²) in [6.07, 6.45) is 0. The fourth-order valence-electron chi connectivity index (χ4n) is 10.8. The number of benzene rings is 11. The van der Waals surface area contributed by atoms with Crippen molar-refractivity contribution >= 4 is 116 Å². The molecule has 3 heterocycles. The molecule has 14 aromatic rings. The van der Waals surface area contributed by atoms with Crippen LogP contribution in [0.4, 0.5) is 39.8 Å². The number of furan rings is 3. The summed E-state index contributed by atoms with van der Waals surface area (Å²) in [5, 5.41) is 17.7. The molecule has 14 rings (SSSR count). The number of fused-ring (bicyclic) bond motifs is 10. The van der Waals surface area contributed by atoms with Gasteiger partial charge in [-0.2, -0.15) is 5.26 Å². The van der Waals surface area contributed by atoms with Crippen LogP contribution in [0.15, 0.2) is 244 Å². The number of hydrogen-bond acceptors (Lipinski definition) is 6. The summed E-state index contributed by atoms with van der Waals surface area (Å²) in [5.74, 6) is 0. The van der Waals surface area contributed by atoms with Crippen LogP contribution >= 0.6 is 0 Å². The van der Waals surface area contributed by atoms with E-state index >= 15 is 0 Å². The van der Waals surface area contributed by atoms with Gasteiger partial charge in [0.25, 0.3) is 0 Å². The number of hydrogen-bond donors (Lipinski definition) is 0. The van der Waals surface area contributed by atoms with E-state index in [9.17, 15) is 5.26 Å². The van der Waals surface area contributed by atoms with Crippen molar-refractivity contribution in [1.82, 2.24) is 0 Å². The molecule has 340 valence electrons. The zero-order chi connectivity index (χ0) is 48.6. The highest BCUT2D eigenvalue weighted by Crippen LogP contribution is 2.56. The van der Waals surface area contributed by atoms with Crippen molar-refractivity contribution in [3.63, 3.8) is 0 Å². The Morgan fingerprint density at radius 1 is 0.370 bits per heavy atom. The Hall–Kier alpha value is -10.3. The third-order valence-electron chi connectivity index (χ3n) is 14.1. The molecule has 73 heavy (non-hydrogen) atoms. The molecule has 0 fully saturated rings. The lowest BCUT2D eigenvalue weighted by molar-refractivity contribution is 0.667. The Bertz CT molecular complexity index is 4580. The van der Waals surface area contributed by atoms with Gasteiger partial charge in [-0.25, -0.2) is 4.85 Å². The molecule has 0 saturated heterocycles. The molecule has 0 aliphatic carbocycles. The summed E-state index contributed by atoms with van der Waals surface area (Å²) in [6.45, 7) is 7.90. The van der Waals surface area contributed by atoms with E-state index < -0.39 is 0 Å². The number of rotatable bonds is 8. The van der Waals surface area contributed by atoms with E-state index in [4.69, 9.17) is 19.8 Å². The van der Waals surface area contributed by atoms with Crippen molar-refractivity contribution in [2.24, 2.45) is 0 Å². The normalized spacial score (nSPS) is 11.5. The van der Waals surface area contributed by atoms with Crippen molar-refractivity contribution in [2.45, 2.75) is 0 Å². The summed E-state index contributed by atoms with van der Waals surface area (Å²) in [5.41, 5.74) is 14.5. The van der Waals surface area contributed by atoms with E-state index in [1.54, 1.807) is 0 Å². The van der Waals surface area contributed by atoms with E-state index in [-0.39, 0.29) is 0 Å². The molecule has 7 heteroatoms. The van der Waals surface area contributed by atoms with Crippen molar-refractivity contribution in [1.29, 1.82) is 5.26 Å². The van der Waals surface area contributed by atoms with Crippen molar-refractivity contribution in [2.75, 3.05) is 9.80 Å². The topological polar surface area (TPSA) is 74.1 Å². The molecule has 0 spiro atoms. The molecule has 0 amide bonds. The summed E-state index contributed by atoms with van der Waals surface area (Å²) in [6, 6.07) is 80.4. The number of para-hydroxylation sites is 5. The lowest BCUT2D eigenvalue weighted by Crippen LogP contribution is -2.14. The maximum absolute atomic E-state index is 10.1. The zero-order valence-electron chi connectivity index (χ0n) is 39.0. The number of nitrogens with zero attached hydrogens (tertiary/aromatic N) is 4. The molecule has 0 aliphatic rings. The van der Waals surface area contributed by atoms with Gasteiger partial charge < -0.3 is 23.1 Å². The molecular weight excluding hydrogens is 897 g/mol. The van der Waals surface area contributed by atoms with Crippen LogP contribution < -0.4 is 9.80 Å². The second-order valence-electron chi connectivity index (χ2n) is 18.1. The number of anilines is 6. The molecule has 0 N–H and O–H groups in total. The SMILES string of the molecule is [C-]#[N+]c1ccc(N(c2cccc3c2oc2c(-c4ccccc4)cccc23)c2c3ccccc3c(N(c3ccc(C#N)cc3)c3cccc4c3oc3c(-c5ccccc5)cccc34)c3c2oc2ccccc23)cc1. The molecule has 7 nitrogen and oxygen atoms in total. The highest BCUT2D eigenvalue weighted by atomic mass is 16.3. The Morgan fingerprint density at radius 2 is 0.808 bits per heavy atom. The standard InChI is InChI=1S/C66H38N4O3/c1-68-44-34-38-46(39-35-44)70(57-30-15-28-54-52-26-13-24-48(63(52)73-65(54)57)43-18-6-3-7-19-43)61-50-21-9-8-20-49(50)60(59-55-22-10-11-31-58(55)71-66(59)61)69(45-36-32-41(40-67)33-37-45)56-29-14-27-53-51-25-12-23-47(62(51)72-64(53)56)42-16-4-2-5-17-42/h2-39H. The highest BCUT2D eigenvalue weighted by molar-refractivity contribution is 6.29. The molecule has 0 saturated carbocycles. The first-order valence-corrected chi connectivity index (χ1v) is 24.1. The van der Waals surface area contributed by atoms with E-state index in [2.05, 4.69) is 148 Å². The van der Waals surface area contributed by atoms with Crippen molar-refractivity contribution < 1.29 is 13.3 Å². The second-order valence-corrected chi connectivity index (χ2v) is 18.1. The van der Waals surface area contributed by atoms with E-state index in [0.29, 0.717) is 33.6 Å². The summed E-state index contributed by atoms with van der Waals surface area (Å²) in [4.78, 5) is 8.28. The van der Waals surface area contributed by atoms with Gasteiger partial charge in [0.2, 0.25) is 0 Å². The Kier molecular flexibility index (Phi) is 9.50. The van der Waals surface area contributed by atoms with E-state index in [0.717, 1.165) is 111 Å². The van der Waals surface area contributed by atoms with Gasteiger partial charge >= 0.3 is 0 Å². The first-order valence-electron chi connectivity index (χ1n) is 24.1. The molecule has 0 unspecified atom stereocenters. The van der Waals surface area contributed by atoms with Crippen LogP contribution in [0, 0.1) is 17.9 Å². The maximum atomic E-state index is 10.1. The second kappa shape index (κ2) is 16.7. The van der Waals surface area contributed by atoms with Crippen molar-refractivity contribution in [3.05, 3.63) is 248 Å². The molecule has 0 radical (unpaired) electrons. The van der Waals surface area contributed by atoms with Crippen LogP contribution in [-0.4, -0.2) is 0 Å². The van der Waals surface area contributed by atoms with Gasteiger partial charge in [-0.15, -0.1) is 0 Å². The predicted molar refractivity (Wildman–Crippen MR) is 297 cm³/mol. The number of nitriles is 1. The van der Waals surface area contributed by atoms with Gasteiger partial charge in [-0.3, -0.25) is 0 Å². The zero-order valence-corrected chi connectivity index (χ0v) is 39.0. The Labute approximate surface area is 418 Å². The van der Waals surface area contributed by atoms with E-state index in [1.165, 1.54) is 0 Å². The van der Waals surface area contributed by atoms with Crippen LogP contribution in [0.3, 0.4) is 0 Å². The predicted octanol–water partition coefficient (Wildman–Crippen LogP) is 19.2. The summed E-state index contributed by atoms with van der Waals surface area (Å²) >= 11 is 0. The Balaban J connectivity index is 1.11. The quantitative estimate of drug-likeness (QED) is 0.112. The molecular formula is C66H38N4O3. The van der Waals surface area contributed by atoms with Crippen molar-refractivity contribution in [3.8, 4) is 28.3 Å². The first kappa shape index (κ1) is 41.6. The lowest BCUT2D eigenvalue weighted by Gasteiger charge is -2.31. The fraction of sp³-hybridized carbons (Fsp3) is 0. The third kappa shape index (κ3) is 6.51. The minimum Gasteiger partial charge on any atom is -0.454 e. The monoisotopic (exact) mass is 934 g/mol. The largest absolute Gasteiger partial charge is 0.454 e. The smallest absolute Gasteiger partial charge is 0.187 e. The fourth-order valence-corrected chi connectivity index (χ4v) is 10.8. The average Bonchev–Trinajstić information content (AvgIpc) is 4.18. The summed E-state index contributed by atoms with van der Waals surface area (Å²) in [7, 11) is 0. The van der Waals surface area contributed by atoms with Gasteiger partial charge in [-0.05, 0) is 65.7 Å². The van der Waals surface area contributed by atoms with Gasteiger partial charge in [0.1, 0.15) is 16.7 Å². The molecule has 0 bridgehead atoms. The van der Waals surface area contributed by atoms with Crippen LogP contribution in [0.1, 0.15) is 5.56 Å². The van der Waals surface area contributed by atoms with Crippen LogP contribution in [0.25, 0.3) is 104 Å². The van der Waals surface area contributed by atoms with Crippen LogP contribution in [0.5, 0.6) is 0 Å². The van der Waals surface area contributed by atoms with Gasteiger partial charge in [0, 0.05) is 60.2 Å². The minimum atomic E-state index is 0.529. The first-order chi connectivity index (χ1) is 36.1. The lowest BCUT2D eigenvalue weighted by atomic mass is 9.97. The van der Waals surface area contributed by atoms with Gasteiger partial charge in [0.05, 0.1) is 46.3 Å². The molecule has 0 atom stereocenters. The minimum absolute atomic E-state index is 0.529. The van der Waals surface area contributed by atoms with Crippen LogP contribution in [-0.2, 0) is 0 Å². The van der Waals surface area contributed by atoms with Gasteiger partial charge in [-0.1, -0.05) is 176 Å². The highest BCUT2D eigenvalue weighted by Gasteiger charge is 2.32. The Morgan fingerprint density at radius 3 is 1.34 bits per heavy atom. The van der Waals surface area contributed by atoms with E-state index in [1.807, 2.05) is 103 Å². The molecule has 3 aromatic heterocycles. The third-order valence-corrected chi connectivity index (χ3v) is 14.1. The van der Waals surface area contributed by atoms with Crippen LogP contribution in [0.2, 0.25) is 0 Å². The average molecular weight is 935 g/mol. The molecule has 11 aromatic carbocycles.